The first kappa shape index (κ1) is 7.86. The summed E-state index contributed by atoms with van der Waals surface area (Å²) in [5.41, 5.74) is 0.773. The normalized spacial score (nSPS) is 10.6. The Labute approximate surface area is 67.0 Å². The first-order valence-electron chi connectivity index (χ1n) is 3.77. The number of rotatable bonds is 2. The summed E-state index contributed by atoms with van der Waals surface area (Å²) in [5, 5.41) is 11.1. The summed E-state index contributed by atoms with van der Waals surface area (Å²) in [7, 11) is 0. The van der Waals surface area contributed by atoms with E-state index in [-0.39, 0.29) is 5.75 Å². The van der Waals surface area contributed by atoms with Crippen molar-refractivity contribution < 1.29 is 5.11 Å². The lowest BCUT2D eigenvalue weighted by Gasteiger charge is -1.92. The molecule has 0 aliphatic heterocycles. The summed E-state index contributed by atoms with van der Waals surface area (Å²) in [6.07, 6.45) is 4.81. The highest BCUT2D eigenvalue weighted by atomic mass is 16.3. The second kappa shape index (κ2) is 3.81. The van der Waals surface area contributed by atoms with Crippen LogP contribution in [0.4, 0.5) is 0 Å². The Morgan fingerprint density at radius 3 is 2.73 bits per heavy atom. The van der Waals surface area contributed by atoms with Gasteiger partial charge in [0, 0.05) is 5.56 Å². The lowest BCUT2D eigenvalue weighted by molar-refractivity contribution is 0.354. The third kappa shape index (κ3) is 2.11. The molecule has 0 unspecified atom stereocenters. The molecule has 0 N–H and O–H groups in total. The van der Waals surface area contributed by atoms with Crippen LogP contribution in [0.15, 0.2) is 30.3 Å². The molecule has 0 heterocycles. The number of para-hydroxylation sites is 1. The van der Waals surface area contributed by atoms with Crippen LogP contribution < -0.4 is 0 Å². The minimum Gasteiger partial charge on any atom is -0.289 e. The Kier molecular flexibility index (Phi) is 2.73. The molecular formula is C10H11O. The van der Waals surface area contributed by atoms with E-state index in [1.807, 2.05) is 31.2 Å². The smallest absolute Gasteiger partial charge is 0.185 e. The van der Waals surface area contributed by atoms with Gasteiger partial charge in [-0.15, -0.1) is 0 Å². The van der Waals surface area contributed by atoms with Crippen molar-refractivity contribution in [1.82, 2.24) is 0 Å². The van der Waals surface area contributed by atoms with Gasteiger partial charge in [-0.05, 0) is 12.5 Å². The van der Waals surface area contributed by atoms with Crippen LogP contribution in [-0.4, -0.2) is 0 Å². The number of hydrogen-bond donors (Lipinski definition) is 0. The molecule has 0 amide bonds. The van der Waals surface area contributed by atoms with Gasteiger partial charge in [0.1, 0.15) is 0 Å². The Morgan fingerprint density at radius 1 is 1.36 bits per heavy atom. The van der Waals surface area contributed by atoms with E-state index in [0.29, 0.717) is 0 Å². The van der Waals surface area contributed by atoms with E-state index >= 15 is 0 Å². The van der Waals surface area contributed by atoms with Crippen molar-refractivity contribution in [2.24, 2.45) is 0 Å². The highest BCUT2D eigenvalue weighted by Gasteiger charge is 1.94. The quantitative estimate of drug-likeness (QED) is 0.612. The first-order chi connectivity index (χ1) is 5.34. The summed E-state index contributed by atoms with van der Waals surface area (Å²) in [6, 6.07) is 7.03. The van der Waals surface area contributed by atoms with Crippen molar-refractivity contribution in [3.8, 4) is 5.75 Å². The van der Waals surface area contributed by atoms with Crippen LogP contribution in [0.25, 0.3) is 6.08 Å². The molecule has 0 saturated heterocycles. The molecule has 0 atom stereocenters. The van der Waals surface area contributed by atoms with E-state index < -0.39 is 0 Å². The van der Waals surface area contributed by atoms with Crippen LogP contribution in [0.5, 0.6) is 5.75 Å². The fourth-order valence-corrected chi connectivity index (χ4v) is 0.863. The lowest BCUT2D eigenvalue weighted by atomic mass is 10.2. The Morgan fingerprint density at radius 2 is 2.09 bits per heavy atom. The molecule has 0 aromatic heterocycles. The van der Waals surface area contributed by atoms with Crippen LogP contribution >= 0.6 is 0 Å². The van der Waals surface area contributed by atoms with Crippen LogP contribution in [0, 0.1) is 0 Å². The molecule has 57 valence electrons. The maximum Gasteiger partial charge on any atom is 0.185 e. The van der Waals surface area contributed by atoms with Crippen molar-refractivity contribution in [2.45, 2.75) is 13.3 Å². The zero-order chi connectivity index (χ0) is 8.10. The Balaban J connectivity index is 2.86. The zero-order valence-electron chi connectivity index (χ0n) is 6.58. The standard InChI is InChI=1S/C10H11O/c1-2-3-6-9-7-4-5-8-10(9)11/h3-8H,2H2,1H3. The van der Waals surface area contributed by atoms with E-state index in [1.54, 1.807) is 12.1 Å². The van der Waals surface area contributed by atoms with E-state index in [0.717, 1.165) is 12.0 Å². The van der Waals surface area contributed by atoms with Gasteiger partial charge in [-0.2, -0.15) is 0 Å². The minimum atomic E-state index is 0.0946. The summed E-state index contributed by atoms with van der Waals surface area (Å²) >= 11 is 0. The summed E-state index contributed by atoms with van der Waals surface area (Å²) in [6.45, 7) is 2.05. The topological polar surface area (TPSA) is 19.9 Å². The molecule has 1 rings (SSSR count). The van der Waals surface area contributed by atoms with Gasteiger partial charge in [-0.3, -0.25) is 5.11 Å². The molecule has 0 bridgehead atoms. The van der Waals surface area contributed by atoms with E-state index in [4.69, 9.17) is 0 Å². The SMILES string of the molecule is CCC=Cc1ccccc1[O]. The molecule has 11 heavy (non-hydrogen) atoms. The van der Waals surface area contributed by atoms with Crippen molar-refractivity contribution in [1.29, 1.82) is 0 Å². The summed E-state index contributed by atoms with van der Waals surface area (Å²) < 4.78 is 0. The van der Waals surface area contributed by atoms with Gasteiger partial charge in [0.05, 0.1) is 0 Å². The number of hydrogen-bond acceptors (Lipinski definition) is 0. The predicted molar refractivity (Wildman–Crippen MR) is 45.9 cm³/mol. The van der Waals surface area contributed by atoms with Gasteiger partial charge in [0.25, 0.3) is 0 Å². The number of allylic oxidation sites excluding steroid dienone is 1. The lowest BCUT2D eigenvalue weighted by Crippen LogP contribution is -1.70. The fraction of sp³-hybridized carbons (Fsp3) is 0.200. The monoisotopic (exact) mass is 147 g/mol. The van der Waals surface area contributed by atoms with Crippen molar-refractivity contribution in [3.05, 3.63) is 35.9 Å². The Bertz CT molecular complexity index is 251. The molecule has 0 aliphatic rings. The average Bonchev–Trinajstić information content (AvgIpc) is 2.03. The van der Waals surface area contributed by atoms with E-state index in [2.05, 4.69) is 0 Å². The van der Waals surface area contributed by atoms with Crippen LogP contribution in [0.1, 0.15) is 18.9 Å². The fourth-order valence-electron chi connectivity index (χ4n) is 0.863. The highest BCUT2D eigenvalue weighted by molar-refractivity contribution is 5.56. The molecule has 0 spiro atoms. The van der Waals surface area contributed by atoms with Gasteiger partial charge in [0.2, 0.25) is 0 Å². The minimum absolute atomic E-state index is 0.0946. The first-order valence-corrected chi connectivity index (χ1v) is 3.77. The van der Waals surface area contributed by atoms with Crippen molar-refractivity contribution in [3.63, 3.8) is 0 Å². The van der Waals surface area contributed by atoms with Gasteiger partial charge < -0.3 is 0 Å². The second-order valence-corrected chi connectivity index (χ2v) is 2.35. The van der Waals surface area contributed by atoms with Crippen LogP contribution in [0.3, 0.4) is 0 Å². The second-order valence-electron chi connectivity index (χ2n) is 2.35. The van der Waals surface area contributed by atoms with E-state index in [1.165, 1.54) is 0 Å². The van der Waals surface area contributed by atoms with Crippen molar-refractivity contribution in [2.75, 3.05) is 0 Å². The number of benzene rings is 1. The Hall–Kier alpha value is -1.24. The van der Waals surface area contributed by atoms with Crippen LogP contribution in [0.2, 0.25) is 0 Å². The van der Waals surface area contributed by atoms with E-state index in [9.17, 15) is 5.11 Å². The largest absolute Gasteiger partial charge is 0.289 e. The third-order valence-corrected chi connectivity index (χ3v) is 1.45. The summed E-state index contributed by atoms with van der Waals surface area (Å²) in [5.74, 6) is 0.0946. The maximum atomic E-state index is 11.1. The third-order valence-electron chi connectivity index (χ3n) is 1.45. The van der Waals surface area contributed by atoms with Gasteiger partial charge in [-0.25, -0.2) is 0 Å². The predicted octanol–water partition coefficient (Wildman–Crippen LogP) is 3.25. The molecule has 1 nitrogen and oxygen atoms in total. The van der Waals surface area contributed by atoms with Crippen molar-refractivity contribution >= 4 is 6.08 Å². The van der Waals surface area contributed by atoms with Gasteiger partial charge in [0.15, 0.2) is 5.75 Å². The van der Waals surface area contributed by atoms with Gasteiger partial charge >= 0.3 is 0 Å². The molecule has 1 heteroatoms. The molecular weight excluding hydrogens is 136 g/mol. The van der Waals surface area contributed by atoms with Crippen LogP contribution in [-0.2, 0) is 5.11 Å². The molecule has 1 radical (unpaired) electrons. The molecule has 0 fully saturated rings. The van der Waals surface area contributed by atoms with Gasteiger partial charge in [-0.1, -0.05) is 37.3 Å². The highest BCUT2D eigenvalue weighted by Crippen LogP contribution is 2.17. The molecule has 0 saturated carbocycles. The summed E-state index contributed by atoms with van der Waals surface area (Å²) in [4.78, 5) is 0. The molecule has 1 aromatic rings. The average molecular weight is 147 g/mol. The molecule has 1 aromatic carbocycles. The maximum absolute atomic E-state index is 11.1. The molecule has 0 aliphatic carbocycles. The zero-order valence-corrected chi connectivity index (χ0v) is 6.58.